The van der Waals surface area contributed by atoms with Crippen LogP contribution in [-0.4, -0.2) is 17.9 Å². The van der Waals surface area contributed by atoms with Gasteiger partial charge in [-0.2, -0.15) is 0 Å². The molecule has 0 spiro atoms. The zero-order valence-electron chi connectivity index (χ0n) is 17.3. The number of carbonyl (C=O) groups is 2. The Morgan fingerprint density at radius 2 is 1.77 bits per heavy atom. The summed E-state index contributed by atoms with van der Waals surface area (Å²) in [4.78, 5) is 27.3. The number of anilines is 2. The summed E-state index contributed by atoms with van der Waals surface area (Å²) in [6.07, 6.45) is -0.560. The second-order valence-corrected chi connectivity index (χ2v) is 7.62. The van der Waals surface area contributed by atoms with Crippen molar-refractivity contribution in [1.29, 1.82) is 0 Å². The predicted molar refractivity (Wildman–Crippen MR) is 118 cm³/mol. The molecule has 1 heterocycles. The van der Waals surface area contributed by atoms with E-state index in [4.69, 9.17) is 4.74 Å². The molecule has 0 fully saturated rings. The van der Waals surface area contributed by atoms with Crippen LogP contribution >= 0.6 is 0 Å². The number of amides is 2. The number of carbonyl (C=O) groups excluding carboxylic acids is 2. The molecule has 1 atom stereocenters. The normalized spacial score (nSPS) is 15.4. The van der Waals surface area contributed by atoms with Crippen molar-refractivity contribution in [3.8, 4) is 5.75 Å². The molecule has 5 heteroatoms. The molecule has 0 aliphatic carbocycles. The highest BCUT2D eigenvalue weighted by Crippen LogP contribution is 2.37. The monoisotopic (exact) mass is 400 g/mol. The molecule has 1 aliphatic heterocycles. The van der Waals surface area contributed by atoms with E-state index in [-0.39, 0.29) is 11.8 Å². The summed E-state index contributed by atoms with van der Waals surface area (Å²) >= 11 is 0. The average Bonchev–Trinajstić information content (AvgIpc) is 2.73. The second kappa shape index (κ2) is 8.03. The van der Waals surface area contributed by atoms with Crippen LogP contribution in [0.15, 0.2) is 66.7 Å². The zero-order valence-corrected chi connectivity index (χ0v) is 17.3. The van der Waals surface area contributed by atoms with E-state index in [0.29, 0.717) is 29.2 Å². The maximum absolute atomic E-state index is 12.9. The topological polar surface area (TPSA) is 58.6 Å². The third-order valence-electron chi connectivity index (χ3n) is 5.28. The molecule has 3 aromatic rings. The number of ether oxygens (including phenoxy) is 1. The number of hydrogen-bond acceptors (Lipinski definition) is 3. The van der Waals surface area contributed by atoms with Gasteiger partial charge in [-0.3, -0.25) is 9.59 Å². The molecule has 5 nitrogen and oxygen atoms in total. The average molecular weight is 400 g/mol. The zero-order chi connectivity index (χ0) is 21.3. The van der Waals surface area contributed by atoms with Crippen molar-refractivity contribution in [3.63, 3.8) is 0 Å². The third kappa shape index (κ3) is 3.92. The number of nitrogens with one attached hydrogen (secondary N) is 1. The van der Waals surface area contributed by atoms with Gasteiger partial charge in [-0.15, -0.1) is 0 Å². The molecule has 4 rings (SSSR count). The van der Waals surface area contributed by atoms with Crippen LogP contribution in [0, 0.1) is 13.8 Å². The Hall–Kier alpha value is -3.60. The van der Waals surface area contributed by atoms with Crippen LogP contribution in [-0.2, 0) is 11.3 Å². The van der Waals surface area contributed by atoms with Crippen LogP contribution in [0.4, 0.5) is 11.4 Å². The maximum Gasteiger partial charge on any atom is 0.268 e. The fourth-order valence-electron chi connectivity index (χ4n) is 3.55. The third-order valence-corrected chi connectivity index (χ3v) is 5.28. The minimum atomic E-state index is -0.560. The van der Waals surface area contributed by atoms with Gasteiger partial charge >= 0.3 is 0 Å². The van der Waals surface area contributed by atoms with Crippen LogP contribution in [0.3, 0.4) is 0 Å². The van der Waals surface area contributed by atoms with Crippen molar-refractivity contribution >= 4 is 23.2 Å². The van der Waals surface area contributed by atoms with Gasteiger partial charge in [0.25, 0.3) is 11.8 Å². The molecule has 0 saturated carbocycles. The van der Waals surface area contributed by atoms with Crippen molar-refractivity contribution in [1.82, 2.24) is 0 Å². The number of fused-ring (bicyclic) bond motifs is 1. The molecule has 30 heavy (non-hydrogen) atoms. The minimum absolute atomic E-state index is 0.106. The lowest BCUT2D eigenvalue weighted by molar-refractivity contribution is -0.125. The fourth-order valence-corrected chi connectivity index (χ4v) is 3.55. The first-order chi connectivity index (χ1) is 14.4. The smallest absolute Gasteiger partial charge is 0.268 e. The van der Waals surface area contributed by atoms with E-state index in [0.717, 1.165) is 11.1 Å². The van der Waals surface area contributed by atoms with E-state index in [9.17, 15) is 9.59 Å². The van der Waals surface area contributed by atoms with Gasteiger partial charge < -0.3 is 15.0 Å². The van der Waals surface area contributed by atoms with Crippen molar-refractivity contribution in [2.24, 2.45) is 0 Å². The summed E-state index contributed by atoms with van der Waals surface area (Å²) in [7, 11) is 0. The quantitative estimate of drug-likeness (QED) is 0.680. The molecule has 1 unspecified atom stereocenters. The SMILES string of the molecule is Cc1ccc(CN2C(=O)C(C)Oc3ccc(NC(=O)c4ccccc4C)cc32)cc1. The van der Waals surface area contributed by atoms with Crippen molar-refractivity contribution in [2.45, 2.75) is 33.4 Å². The van der Waals surface area contributed by atoms with Crippen LogP contribution < -0.4 is 15.0 Å². The number of hydrogen-bond donors (Lipinski definition) is 1. The van der Waals surface area contributed by atoms with Gasteiger partial charge in [0, 0.05) is 11.3 Å². The lowest BCUT2D eigenvalue weighted by Crippen LogP contribution is -2.44. The summed E-state index contributed by atoms with van der Waals surface area (Å²) in [5.74, 6) is 0.336. The molecule has 0 saturated heterocycles. The first-order valence-corrected chi connectivity index (χ1v) is 9.97. The molecule has 1 aliphatic rings. The van der Waals surface area contributed by atoms with Crippen molar-refractivity contribution in [3.05, 3.63) is 89.0 Å². The van der Waals surface area contributed by atoms with E-state index in [1.165, 1.54) is 5.56 Å². The summed E-state index contributed by atoms with van der Waals surface area (Å²) in [5, 5.41) is 2.93. The summed E-state index contributed by atoms with van der Waals surface area (Å²) in [5.41, 5.74) is 4.99. The standard InChI is InChI=1S/C25H24N2O3/c1-16-8-10-19(11-9-16)15-27-22-14-20(12-13-23(22)30-18(3)25(27)29)26-24(28)21-7-5-4-6-17(21)2/h4-14,18H,15H2,1-3H3,(H,26,28). The lowest BCUT2D eigenvalue weighted by Gasteiger charge is -2.33. The predicted octanol–water partition coefficient (Wildman–Crippen LogP) is 4.87. The largest absolute Gasteiger partial charge is 0.479 e. The van der Waals surface area contributed by atoms with E-state index in [2.05, 4.69) is 5.32 Å². The van der Waals surface area contributed by atoms with Crippen molar-refractivity contribution < 1.29 is 14.3 Å². The minimum Gasteiger partial charge on any atom is -0.479 e. The Labute approximate surface area is 176 Å². The van der Waals surface area contributed by atoms with Crippen molar-refractivity contribution in [2.75, 3.05) is 10.2 Å². The van der Waals surface area contributed by atoms with Gasteiger partial charge in [-0.05, 0) is 56.2 Å². The first kappa shape index (κ1) is 19.7. The molecule has 0 radical (unpaired) electrons. The number of nitrogens with zero attached hydrogens (tertiary/aromatic N) is 1. The molecule has 0 bridgehead atoms. The molecule has 1 N–H and O–H groups in total. The van der Waals surface area contributed by atoms with Crippen LogP contribution in [0.25, 0.3) is 0 Å². The number of aryl methyl sites for hydroxylation is 2. The number of benzene rings is 3. The Kier molecular flexibility index (Phi) is 5.27. The fraction of sp³-hybridized carbons (Fsp3) is 0.200. The molecular formula is C25H24N2O3. The van der Waals surface area contributed by atoms with Crippen LogP contribution in [0.1, 0.15) is 34.0 Å². The summed E-state index contributed by atoms with van der Waals surface area (Å²) < 4.78 is 5.79. The van der Waals surface area contributed by atoms with E-state index >= 15 is 0 Å². The Morgan fingerprint density at radius 1 is 1.03 bits per heavy atom. The van der Waals surface area contributed by atoms with E-state index in [1.807, 2.05) is 56.3 Å². The first-order valence-electron chi connectivity index (χ1n) is 9.97. The lowest BCUT2D eigenvalue weighted by atomic mass is 10.1. The Balaban J connectivity index is 1.64. The Morgan fingerprint density at radius 3 is 2.50 bits per heavy atom. The van der Waals surface area contributed by atoms with Gasteiger partial charge in [-0.25, -0.2) is 0 Å². The second-order valence-electron chi connectivity index (χ2n) is 7.62. The highest BCUT2D eigenvalue weighted by atomic mass is 16.5. The maximum atomic E-state index is 12.9. The molecule has 152 valence electrons. The highest BCUT2D eigenvalue weighted by Gasteiger charge is 2.31. The van der Waals surface area contributed by atoms with Gasteiger partial charge in [0.2, 0.25) is 0 Å². The molecule has 3 aromatic carbocycles. The van der Waals surface area contributed by atoms with E-state index < -0.39 is 6.10 Å². The molecular weight excluding hydrogens is 376 g/mol. The van der Waals surface area contributed by atoms with E-state index in [1.54, 1.807) is 36.1 Å². The van der Waals surface area contributed by atoms with Gasteiger partial charge in [0.1, 0.15) is 5.75 Å². The summed E-state index contributed by atoms with van der Waals surface area (Å²) in [6.45, 7) is 6.12. The van der Waals surface area contributed by atoms with Crippen LogP contribution in [0.5, 0.6) is 5.75 Å². The molecule has 2 amide bonds. The van der Waals surface area contributed by atoms with Gasteiger partial charge in [-0.1, -0.05) is 48.0 Å². The Bertz CT molecular complexity index is 1110. The summed E-state index contributed by atoms with van der Waals surface area (Å²) in [6, 6.07) is 20.9. The van der Waals surface area contributed by atoms with Crippen LogP contribution in [0.2, 0.25) is 0 Å². The highest BCUT2D eigenvalue weighted by molar-refractivity contribution is 6.06. The van der Waals surface area contributed by atoms with Gasteiger partial charge in [0.05, 0.1) is 12.2 Å². The van der Waals surface area contributed by atoms with Gasteiger partial charge in [0.15, 0.2) is 6.10 Å². The number of rotatable bonds is 4. The molecule has 0 aromatic heterocycles.